The number of piperidine rings is 3. The molecule has 0 radical (unpaired) electrons. The van der Waals surface area contributed by atoms with Gasteiger partial charge in [0.1, 0.15) is 34.2 Å². The maximum atomic E-state index is 12.8. The van der Waals surface area contributed by atoms with Crippen molar-refractivity contribution < 1.29 is 135 Å². The lowest BCUT2D eigenvalue weighted by Crippen LogP contribution is -2.35. The van der Waals surface area contributed by atoms with Crippen LogP contribution in [0, 0.1) is 37.5 Å². The van der Waals surface area contributed by atoms with Gasteiger partial charge in [-0.15, -0.1) is 0 Å². The molecule has 3 aliphatic heterocycles. The minimum atomic E-state index is -4.57. The Hall–Kier alpha value is -13.3. The van der Waals surface area contributed by atoms with Crippen LogP contribution in [-0.2, 0) is 37.1 Å². The van der Waals surface area contributed by atoms with Crippen LogP contribution in [0.15, 0.2) is 191 Å². The molecular formula is C98H95F18N9O12. The van der Waals surface area contributed by atoms with E-state index < -0.39 is 82.4 Å². The second-order valence-electron chi connectivity index (χ2n) is 35.1. The van der Waals surface area contributed by atoms with Crippen molar-refractivity contribution in [3.63, 3.8) is 0 Å². The molecule has 21 nitrogen and oxygen atoms in total. The van der Waals surface area contributed by atoms with E-state index in [2.05, 4.69) is 58.1 Å². The molecule has 0 unspecified atom stereocenters. The van der Waals surface area contributed by atoms with E-state index >= 15 is 0 Å². The molecule has 1 aliphatic carbocycles. The normalized spacial score (nSPS) is 14.8. The maximum Gasteiger partial charge on any atom is 0.452 e. The van der Waals surface area contributed by atoms with Crippen LogP contribution >= 0.6 is 0 Å². The predicted octanol–water partition coefficient (Wildman–Crippen LogP) is 27.2. The molecule has 3 amide bonds. The van der Waals surface area contributed by atoms with Crippen molar-refractivity contribution >= 4 is 35.1 Å². The quantitative estimate of drug-likeness (QED) is 0.0766. The van der Waals surface area contributed by atoms with Gasteiger partial charge in [-0.1, -0.05) is 201 Å². The van der Waals surface area contributed by atoms with E-state index in [0.717, 1.165) is 141 Å². The van der Waals surface area contributed by atoms with Crippen LogP contribution in [0.4, 0.5) is 79.0 Å². The monoisotopic (exact) mass is 1930 g/mol. The van der Waals surface area contributed by atoms with E-state index in [1.54, 1.807) is 192 Å². The first-order chi connectivity index (χ1) is 64.3. The van der Waals surface area contributed by atoms with Gasteiger partial charge >= 0.3 is 37.1 Å². The molecule has 3 saturated heterocycles. The SMILES string of the molecule is CC(C)(C)C(=O)c1ccc(-c2cc(C(F)(F)F)on2)cc1.Cc1c(-c2ccc(C(=O)C(C)(C)C)cc2)noc1C(F)(F)F.Cc1c(-c2ccc(C(=O)N3CCCCC3)cc2)noc1C(F)(F)F.Cc1c(-c2ccc(C(=O)N3CCCCC3)cc2)noc1C(F)(F)F.O=C(c1ccc(-c2cc(C(F)(F)F)on2)cc1)C1CCCCC1.O=C(c1ccc(-c2cc(C(F)(F)F)on2)cc1)N1CCCCC1. The maximum absolute atomic E-state index is 12.8. The molecule has 6 aromatic heterocycles. The Balaban J connectivity index is 0.000000158. The summed E-state index contributed by atoms with van der Waals surface area (Å²) in [6, 6.07) is 40.9. The van der Waals surface area contributed by atoms with Gasteiger partial charge in [0.25, 0.3) is 17.7 Å². The van der Waals surface area contributed by atoms with Crippen LogP contribution in [0.3, 0.4) is 0 Å². The highest BCUT2D eigenvalue weighted by atomic mass is 19.4. The van der Waals surface area contributed by atoms with Gasteiger partial charge in [0.15, 0.2) is 17.3 Å². The van der Waals surface area contributed by atoms with Gasteiger partial charge in [-0.25, -0.2) is 0 Å². The molecule has 0 atom stereocenters. The number of halogens is 18. The van der Waals surface area contributed by atoms with E-state index in [0.29, 0.717) is 66.8 Å². The third kappa shape index (κ3) is 27.1. The number of benzene rings is 6. The molecule has 39 heteroatoms. The number of aromatic nitrogens is 6. The lowest BCUT2D eigenvalue weighted by atomic mass is 9.84. The molecule has 137 heavy (non-hydrogen) atoms. The van der Waals surface area contributed by atoms with Gasteiger partial charge in [-0.3, -0.25) is 28.8 Å². The van der Waals surface area contributed by atoms with E-state index in [1.807, 2.05) is 9.80 Å². The van der Waals surface area contributed by atoms with E-state index in [4.69, 9.17) is 0 Å². The summed E-state index contributed by atoms with van der Waals surface area (Å²) in [7, 11) is 0. The predicted molar refractivity (Wildman–Crippen MR) is 464 cm³/mol. The van der Waals surface area contributed by atoms with Gasteiger partial charge in [-0.2, -0.15) is 79.0 Å². The van der Waals surface area contributed by atoms with Crippen LogP contribution in [0.2, 0.25) is 0 Å². The third-order valence-corrected chi connectivity index (χ3v) is 22.7. The van der Waals surface area contributed by atoms with Crippen molar-refractivity contribution in [2.75, 3.05) is 39.3 Å². The van der Waals surface area contributed by atoms with Gasteiger partial charge < -0.3 is 41.8 Å². The van der Waals surface area contributed by atoms with Crippen LogP contribution in [0.1, 0.15) is 245 Å². The highest BCUT2D eigenvalue weighted by molar-refractivity contribution is 6.01. The Morgan fingerprint density at radius 2 is 0.489 bits per heavy atom. The number of likely N-dealkylation sites (tertiary alicyclic amines) is 3. The standard InChI is InChI=1S/2C17H17F3N2O2.C17H16F3NO2.C16H15F3N2O2.C16H16F3NO2.C15H14F3NO2/c2*1-11-14(21-24-15(11)17(18,19)20)12-5-7-13(8-6-12)16(23)22-9-3-2-4-10-22;18-17(19,20)15-10-14(21-23-15)11-6-8-13(9-7-11)16(22)12-4-2-1-3-5-12;17-16(18,19)14-10-13(20-23-14)11-4-6-12(7-5-11)15(22)21-8-2-1-3-9-21;1-9-12(20-22-14(9)16(17,18)19)10-5-7-11(8-6-10)13(21)15(2,3)4;1-14(2,3)13(20)10-6-4-9(5-7-10)11-8-12(21-19-11)15(16,17)18/h2*5-8H,2-4,9-10H2,1H3;6-10,12H,1-5H2;4-7,10H,1-3,8-9H2;5-8H,1-4H3;4-8H,1-3H3. The Kier molecular flexibility index (Phi) is 33.0. The minimum absolute atomic E-state index is 0.0353. The van der Waals surface area contributed by atoms with Crippen molar-refractivity contribution in [3.8, 4) is 67.5 Å². The number of hydrogen-bond donors (Lipinski definition) is 0. The lowest BCUT2D eigenvalue weighted by molar-refractivity contribution is -0.156. The Labute approximate surface area is 773 Å². The Bertz CT molecular complexity index is 5830. The zero-order valence-electron chi connectivity index (χ0n) is 75.5. The van der Waals surface area contributed by atoms with Crippen LogP contribution in [0.25, 0.3) is 67.5 Å². The van der Waals surface area contributed by atoms with E-state index in [-0.39, 0.29) is 91.8 Å². The zero-order chi connectivity index (χ0) is 100. The fourth-order valence-electron chi connectivity index (χ4n) is 15.2. The molecule has 0 N–H and O–H groups in total. The molecule has 6 aromatic carbocycles. The van der Waals surface area contributed by atoms with Crippen LogP contribution in [-0.4, -0.2) is 120 Å². The summed E-state index contributed by atoms with van der Waals surface area (Å²) >= 11 is 0. The van der Waals surface area contributed by atoms with E-state index in [9.17, 15) is 108 Å². The first-order valence-electron chi connectivity index (χ1n) is 43.6. The lowest BCUT2D eigenvalue weighted by Gasteiger charge is -2.26. The van der Waals surface area contributed by atoms with Crippen molar-refractivity contribution in [2.45, 2.75) is 189 Å². The second kappa shape index (κ2) is 43.4. The molecule has 0 bridgehead atoms. The number of ketones is 3. The molecule has 16 rings (SSSR count). The number of rotatable bonds is 13. The summed E-state index contributed by atoms with van der Waals surface area (Å²) in [5.41, 5.74) is 5.52. The summed E-state index contributed by atoms with van der Waals surface area (Å²) in [5, 5.41) is 20.8. The number of Topliss-reactive ketones (excluding diaryl/α,β-unsaturated/α-hetero) is 3. The fraction of sp³-hybridized carbons (Fsp3) is 0.388. The average Bonchev–Trinajstić information content (AvgIpc) is 1.66. The number of amides is 3. The number of hydrogen-bond acceptors (Lipinski definition) is 18. The van der Waals surface area contributed by atoms with Gasteiger partial charge in [0.2, 0.25) is 34.6 Å². The van der Waals surface area contributed by atoms with Crippen LogP contribution in [0.5, 0.6) is 0 Å². The van der Waals surface area contributed by atoms with Crippen molar-refractivity contribution in [2.24, 2.45) is 16.7 Å². The molecule has 12 aromatic rings. The van der Waals surface area contributed by atoms with Gasteiger partial charge in [-0.05, 0) is 128 Å². The summed E-state index contributed by atoms with van der Waals surface area (Å²) in [5.74, 6) is -6.73. The highest BCUT2D eigenvalue weighted by Gasteiger charge is 2.44. The minimum Gasteiger partial charge on any atom is -0.351 e. The molecule has 0 spiro atoms. The highest BCUT2D eigenvalue weighted by Crippen LogP contribution is 2.43. The van der Waals surface area contributed by atoms with Crippen molar-refractivity contribution in [3.05, 3.63) is 248 Å². The second-order valence-corrected chi connectivity index (χ2v) is 35.1. The summed E-state index contributed by atoms with van der Waals surface area (Å²) in [6.07, 6.45) is -12.8. The first-order valence-corrected chi connectivity index (χ1v) is 43.6. The Morgan fingerprint density at radius 3 is 0.701 bits per heavy atom. The zero-order valence-corrected chi connectivity index (χ0v) is 75.5. The number of nitrogens with zero attached hydrogens (tertiary/aromatic N) is 9. The van der Waals surface area contributed by atoms with Crippen molar-refractivity contribution in [1.82, 2.24) is 45.6 Å². The molecule has 730 valence electrons. The topological polar surface area (TPSA) is 268 Å². The Morgan fingerprint density at radius 1 is 0.270 bits per heavy atom. The summed E-state index contributed by atoms with van der Waals surface area (Å²) in [6.45, 7) is 19.3. The van der Waals surface area contributed by atoms with Crippen molar-refractivity contribution in [1.29, 1.82) is 0 Å². The number of carbonyl (C=O) groups excluding carboxylic acids is 6. The molecule has 4 aliphatic rings. The molecule has 4 fully saturated rings. The largest absolute Gasteiger partial charge is 0.452 e. The smallest absolute Gasteiger partial charge is 0.351 e. The summed E-state index contributed by atoms with van der Waals surface area (Å²) in [4.78, 5) is 79.1. The average molecular weight is 1930 g/mol. The molecular weight excluding hydrogens is 1840 g/mol. The molecule has 1 saturated carbocycles. The molecule has 9 heterocycles. The van der Waals surface area contributed by atoms with Gasteiger partial charge in [0.05, 0.1) is 0 Å². The number of alkyl halides is 18. The number of carbonyl (C=O) groups is 6. The summed E-state index contributed by atoms with van der Waals surface area (Å²) < 4.78 is 253. The third-order valence-electron chi connectivity index (χ3n) is 22.7. The van der Waals surface area contributed by atoms with E-state index in [1.165, 1.54) is 27.2 Å². The van der Waals surface area contributed by atoms with Gasteiger partial charge in [0, 0.05) is 158 Å². The first kappa shape index (κ1) is 104. The van der Waals surface area contributed by atoms with Crippen LogP contribution < -0.4 is 0 Å². The fourth-order valence-corrected chi connectivity index (χ4v) is 15.2.